The molecule has 1 heterocycles. The number of likely N-dealkylation sites (tertiary alicyclic amines) is 1. The summed E-state index contributed by atoms with van der Waals surface area (Å²) in [5.41, 5.74) is -0.341. The first-order valence-corrected chi connectivity index (χ1v) is 7.61. The molecule has 0 aromatic heterocycles. The first-order valence-electron chi connectivity index (χ1n) is 7.61. The van der Waals surface area contributed by atoms with Gasteiger partial charge in [0.05, 0.1) is 32.2 Å². The van der Waals surface area contributed by atoms with Gasteiger partial charge in [-0.1, -0.05) is 19.8 Å². The Kier molecular flexibility index (Phi) is 7.56. The van der Waals surface area contributed by atoms with Gasteiger partial charge in [-0.25, -0.2) is 0 Å². The maximum absolute atomic E-state index is 8.59. The molecule has 0 atom stereocenters. The van der Waals surface area contributed by atoms with Crippen molar-refractivity contribution in [3.8, 4) is 17.9 Å². The van der Waals surface area contributed by atoms with E-state index in [1.54, 1.807) is 4.90 Å². The fourth-order valence-corrected chi connectivity index (χ4v) is 2.52. The maximum atomic E-state index is 8.59. The SMILES string of the molecule is CCC(C#CC[NH+]1CCCCC1)(CC)OCCC#N. The number of piperidine rings is 1. The molecule has 1 rings (SSSR count). The second kappa shape index (κ2) is 8.97. The number of nitrogens with zero attached hydrogens (tertiary/aromatic N) is 1. The quantitative estimate of drug-likeness (QED) is 0.583. The van der Waals surface area contributed by atoms with Crippen molar-refractivity contribution in [1.82, 2.24) is 0 Å². The summed E-state index contributed by atoms with van der Waals surface area (Å²) in [7, 11) is 0. The summed E-state index contributed by atoms with van der Waals surface area (Å²) in [6.45, 7) is 8.16. The highest BCUT2D eigenvalue weighted by Crippen LogP contribution is 2.19. The van der Waals surface area contributed by atoms with Gasteiger partial charge >= 0.3 is 0 Å². The molecule has 0 amide bonds. The van der Waals surface area contributed by atoms with Gasteiger partial charge in [0.25, 0.3) is 0 Å². The zero-order valence-electron chi connectivity index (χ0n) is 12.4. The van der Waals surface area contributed by atoms with E-state index in [1.807, 2.05) is 0 Å². The van der Waals surface area contributed by atoms with Crippen molar-refractivity contribution in [2.24, 2.45) is 0 Å². The predicted octanol–water partition coefficient (Wildman–Crippen LogP) is 1.55. The van der Waals surface area contributed by atoms with E-state index in [1.165, 1.54) is 32.4 Å². The molecule has 1 aliphatic rings. The second-order valence-corrected chi connectivity index (χ2v) is 5.25. The van der Waals surface area contributed by atoms with E-state index in [9.17, 15) is 0 Å². The third-order valence-corrected chi connectivity index (χ3v) is 3.95. The Morgan fingerprint density at radius 1 is 1.16 bits per heavy atom. The third kappa shape index (κ3) is 5.64. The average Bonchev–Trinajstić information content (AvgIpc) is 2.47. The molecule has 0 bridgehead atoms. The first kappa shape index (κ1) is 16.0. The molecule has 1 N–H and O–H groups in total. The highest BCUT2D eigenvalue weighted by atomic mass is 16.5. The van der Waals surface area contributed by atoms with E-state index in [0.717, 1.165) is 19.4 Å². The van der Waals surface area contributed by atoms with Crippen LogP contribution in [0.4, 0.5) is 0 Å². The fourth-order valence-electron chi connectivity index (χ4n) is 2.52. The summed E-state index contributed by atoms with van der Waals surface area (Å²) in [6.07, 6.45) is 6.27. The van der Waals surface area contributed by atoms with Gasteiger partial charge in [0.2, 0.25) is 0 Å². The van der Waals surface area contributed by atoms with Gasteiger partial charge in [-0.3, -0.25) is 0 Å². The number of ether oxygens (including phenoxy) is 1. The van der Waals surface area contributed by atoms with E-state index in [2.05, 4.69) is 31.8 Å². The lowest BCUT2D eigenvalue weighted by Gasteiger charge is -2.26. The Morgan fingerprint density at radius 3 is 2.42 bits per heavy atom. The van der Waals surface area contributed by atoms with Crippen LogP contribution in [-0.4, -0.2) is 31.8 Å². The predicted molar refractivity (Wildman–Crippen MR) is 76.7 cm³/mol. The maximum Gasteiger partial charge on any atom is 0.139 e. The third-order valence-electron chi connectivity index (χ3n) is 3.95. The van der Waals surface area contributed by atoms with Crippen molar-refractivity contribution in [1.29, 1.82) is 5.26 Å². The lowest BCUT2D eigenvalue weighted by Crippen LogP contribution is -3.12. The Morgan fingerprint density at radius 2 is 1.84 bits per heavy atom. The molecule has 0 aromatic rings. The van der Waals surface area contributed by atoms with Crippen LogP contribution in [0.2, 0.25) is 0 Å². The van der Waals surface area contributed by atoms with Gasteiger partial charge in [-0.05, 0) is 38.0 Å². The molecule has 0 aromatic carbocycles. The molecule has 19 heavy (non-hydrogen) atoms. The number of nitrogens with one attached hydrogen (secondary N) is 1. The van der Waals surface area contributed by atoms with E-state index >= 15 is 0 Å². The zero-order valence-corrected chi connectivity index (χ0v) is 12.4. The molecule has 0 saturated carbocycles. The van der Waals surface area contributed by atoms with Crippen LogP contribution in [0.25, 0.3) is 0 Å². The molecule has 106 valence electrons. The van der Waals surface area contributed by atoms with Gasteiger partial charge in [0.1, 0.15) is 12.1 Å². The summed E-state index contributed by atoms with van der Waals surface area (Å²) in [4.78, 5) is 1.61. The van der Waals surface area contributed by atoms with Crippen LogP contribution in [0.5, 0.6) is 0 Å². The standard InChI is InChI=1S/C16H26N2O/c1-3-16(4-2,19-15-9-11-17)10-8-14-18-12-6-5-7-13-18/h3-7,9,12-15H2,1-2H3/p+1. The van der Waals surface area contributed by atoms with E-state index in [0.29, 0.717) is 13.0 Å². The van der Waals surface area contributed by atoms with Gasteiger partial charge in [0.15, 0.2) is 0 Å². The molecule has 3 heteroatoms. The summed E-state index contributed by atoms with van der Waals surface area (Å²) in [5, 5.41) is 8.59. The molecule has 1 saturated heterocycles. The molecule has 1 fully saturated rings. The summed E-state index contributed by atoms with van der Waals surface area (Å²) < 4.78 is 5.85. The van der Waals surface area contributed by atoms with Crippen LogP contribution < -0.4 is 4.90 Å². The van der Waals surface area contributed by atoms with Gasteiger partial charge in [-0.15, -0.1) is 0 Å². The van der Waals surface area contributed by atoms with Crippen LogP contribution in [0.15, 0.2) is 0 Å². The molecule has 1 aliphatic heterocycles. The zero-order chi connectivity index (χ0) is 14.0. The van der Waals surface area contributed by atoms with E-state index in [-0.39, 0.29) is 5.60 Å². The normalized spacial score (nSPS) is 16.5. The summed E-state index contributed by atoms with van der Waals surface area (Å²) in [6, 6.07) is 2.12. The van der Waals surface area contributed by atoms with Crippen LogP contribution >= 0.6 is 0 Å². The van der Waals surface area contributed by atoms with Crippen molar-refractivity contribution in [2.75, 3.05) is 26.2 Å². The molecule has 3 nitrogen and oxygen atoms in total. The average molecular weight is 263 g/mol. The van der Waals surface area contributed by atoms with Crippen molar-refractivity contribution >= 4 is 0 Å². The Balaban J connectivity index is 2.49. The smallest absolute Gasteiger partial charge is 0.139 e. The Hall–Kier alpha value is -1.03. The van der Waals surface area contributed by atoms with E-state index in [4.69, 9.17) is 10.00 Å². The molecule has 0 radical (unpaired) electrons. The van der Waals surface area contributed by atoms with Crippen molar-refractivity contribution in [3.05, 3.63) is 0 Å². The fraction of sp³-hybridized carbons (Fsp3) is 0.812. The lowest BCUT2D eigenvalue weighted by atomic mass is 9.97. The first-order chi connectivity index (χ1) is 9.26. The number of nitriles is 1. The van der Waals surface area contributed by atoms with Crippen LogP contribution in [0.3, 0.4) is 0 Å². The Labute approximate surface area is 117 Å². The number of rotatable bonds is 6. The van der Waals surface area contributed by atoms with Crippen molar-refractivity contribution in [3.63, 3.8) is 0 Å². The van der Waals surface area contributed by atoms with Crippen LogP contribution in [-0.2, 0) is 4.74 Å². The van der Waals surface area contributed by atoms with E-state index < -0.39 is 0 Å². The largest absolute Gasteiger partial charge is 0.361 e. The minimum absolute atomic E-state index is 0.341. The number of quaternary nitrogens is 1. The Bertz CT molecular complexity index is 338. The molecular weight excluding hydrogens is 236 g/mol. The molecular formula is C16H27N2O+. The van der Waals surface area contributed by atoms with Crippen LogP contribution in [0.1, 0.15) is 52.4 Å². The monoisotopic (exact) mass is 263 g/mol. The molecule has 0 spiro atoms. The van der Waals surface area contributed by atoms with Gasteiger partial charge in [0, 0.05) is 0 Å². The lowest BCUT2D eigenvalue weighted by molar-refractivity contribution is -0.897. The summed E-state index contributed by atoms with van der Waals surface area (Å²) >= 11 is 0. The summed E-state index contributed by atoms with van der Waals surface area (Å²) in [5.74, 6) is 6.67. The molecule has 0 aliphatic carbocycles. The topological polar surface area (TPSA) is 37.5 Å². The van der Waals surface area contributed by atoms with Crippen molar-refractivity contribution < 1.29 is 9.64 Å². The minimum atomic E-state index is -0.341. The highest BCUT2D eigenvalue weighted by molar-refractivity contribution is 5.14. The number of hydrogen-bond donors (Lipinski definition) is 1. The second-order valence-electron chi connectivity index (χ2n) is 5.25. The van der Waals surface area contributed by atoms with Crippen molar-refractivity contribution in [2.45, 2.75) is 58.0 Å². The highest BCUT2D eigenvalue weighted by Gasteiger charge is 2.24. The van der Waals surface area contributed by atoms with Gasteiger partial charge < -0.3 is 9.64 Å². The number of hydrogen-bond acceptors (Lipinski definition) is 2. The minimum Gasteiger partial charge on any atom is -0.361 e. The van der Waals surface area contributed by atoms with Crippen LogP contribution in [0, 0.1) is 23.2 Å². The van der Waals surface area contributed by atoms with Gasteiger partial charge in [-0.2, -0.15) is 5.26 Å². The molecule has 0 unspecified atom stereocenters.